The van der Waals surface area contributed by atoms with E-state index in [1.54, 1.807) is 6.08 Å². The molecule has 0 radical (unpaired) electrons. The van der Waals surface area contributed by atoms with Gasteiger partial charge in [-0.1, -0.05) is 37.4 Å². The second kappa shape index (κ2) is 8.61. The summed E-state index contributed by atoms with van der Waals surface area (Å²) in [5.41, 5.74) is 3.50. The highest BCUT2D eigenvalue weighted by Crippen LogP contribution is 2.42. The van der Waals surface area contributed by atoms with Crippen molar-refractivity contribution in [3.8, 4) is 0 Å². The second-order valence-electron chi connectivity index (χ2n) is 7.27. The summed E-state index contributed by atoms with van der Waals surface area (Å²) in [4.78, 5) is 14.4. The van der Waals surface area contributed by atoms with Crippen molar-refractivity contribution < 1.29 is 9.53 Å². The summed E-state index contributed by atoms with van der Waals surface area (Å²) in [7, 11) is 0. The monoisotopic (exact) mass is 378 g/mol. The molecule has 1 spiro atoms. The molecule has 4 heteroatoms. The standard InChI is InChI=1S/C24H30N2O2/c1-5-8-21-18(4)28-24(13-15-25-16-14-24)17-22(21)19-9-11-20(12-10-19)23(27)26(6-2)7-3/h5,8-12,17,25H,1,4,6-7,13-16H2,2-3H3/b21-8+. The Balaban J connectivity index is 1.98. The number of hydrogen-bond donors (Lipinski definition) is 1. The Hall–Kier alpha value is -2.59. The highest BCUT2D eigenvalue weighted by molar-refractivity contribution is 5.95. The molecule has 1 aromatic rings. The Morgan fingerprint density at radius 3 is 2.43 bits per heavy atom. The molecule has 3 rings (SSSR count). The number of ether oxygens (including phenoxy) is 1. The lowest BCUT2D eigenvalue weighted by Crippen LogP contribution is -2.44. The highest BCUT2D eigenvalue weighted by atomic mass is 16.5. The van der Waals surface area contributed by atoms with E-state index in [1.165, 1.54) is 0 Å². The summed E-state index contributed by atoms with van der Waals surface area (Å²) < 4.78 is 6.27. The van der Waals surface area contributed by atoms with Crippen LogP contribution in [0.5, 0.6) is 0 Å². The average molecular weight is 379 g/mol. The minimum absolute atomic E-state index is 0.0681. The summed E-state index contributed by atoms with van der Waals surface area (Å²) in [6, 6.07) is 7.87. The largest absolute Gasteiger partial charge is 0.483 e. The Morgan fingerprint density at radius 2 is 1.86 bits per heavy atom. The third-order valence-corrected chi connectivity index (χ3v) is 5.55. The summed E-state index contributed by atoms with van der Waals surface area (Å²) in [5, 5.41) is 3.39. The normalized spacial score (nSPS) is 19.9. The number of nitrogens with one attached hydrogen (secondary N) is 1. The zero-order chi connectivity index (χ0) is 20.1. The van der Waals surface area contributed by atoms with Gasteiger partial charge in [-0.3, -0.25) is 4.79 Å². The molecule has 2 aliphatic rings. The number of piperidine rings is 1. The number of benzene rings is 1. The molecule has 0 unspecified atom stereocenters. The maximum atomic E-state index is 12.6. The van der Waals surface area contributed by atoms with Gasteiger partial charge in [0.05, 0.1) is 0 Å². The summed E-state index contributed by atoms with van der Waals surface area (Å²) in [6.45, 7) is 15.3. The van der Waals surface area contributed by atoms with Gasteiger partial charge in [0, 0.05) is 37.1 Å². The minimum Gasteiger partial charge on any atom is -0.483 e. The van der Waals surface area contributed by atoms with E-state index in [9.17, 15) is 4.79 Å². The van der Waals surface area contributed by atoms with Gasteiger partial charge in [-0.2, -0.15) is 0 Å². The van der Waals surface area contributed by atoms with E-state index < -0.39 is 0 Å². The lowest BCUT2D eigenvalue weighted by molar-refractivity contribution is 0.0210. The molecule has 0 atom stereocenters. The maximum Gasteiger partial charge on any atom is 0.253 e. The van der Waals surface area contributed by atoms with Crippen molar-refractivity contribution in [2.24, 2.45) is 0 Å². The van der Waals surface area contributed by atoms with Crippen LogP contribution in [-0.2, 0) is 4.74 Å². The number of carbonyl (C=O) groups excluding carboxylic acids is 1. The number of hydrogen-bond acceptors (Lipinski definition) is 3. The van der Waals surface area contributed by atoms with E-state index in [0.717, 1.165) is 42.6 Å². The molecule has 2 heterocycles. The maximum absolute atomic E-state index is 12.6. The quantitative estimate of drug-likeness (QED) is 0.829. The first-order chi connectivity index (χ1) is 13.5. The van der Waals surface area contributed by atoms with Crippen molar-refractivity contribution >= 4 is 11.5 Å². The lowest BCUT2D eigenvalue weighted by Gasteiger charge is -2.41. The Bertz CT molecular complexity index is 808. The van der Waals surface area contributed by atoms with Gasteiger partial charge in [-0.25, -0.2) is 0 Å². The fourth-order valence-electron chi connectivity index (χ4n) is 3.94. The third-order valence-electron chi connectivity index (χ3n) is 5.55. The molecule has 1 aromatic carbocycles. The van der Waals surface area contributed by atoms with Gasteiger partial charge < -0.3 is 15.0 Å². The van der Waals surface area contributed by atoms with E-state index in [0.29, 0.717) is 24.4 Å². The van der Waals surface area contributed by atoms with Crippen LogP contribution in [0.2, 0.25) is 0 Å². The van der Waals surface area contributed by atoms with Gasteiger partial charge in [-0.05, 0) is 56.3 Å². The zero-order valence-electron chi connectivity index (χ0n) is 17.0. The Morgan fingerprint density at radius 1 is 1.21 bits per heavy atom. The van der Waals surface area contributed by atoms with Gasteiger partial charge >= 0.3 is 0 Å². The Kier molecular flexibility index (Phi) is 6.20. The number of allylic oxidation sites excluding steroid dienone is 3. The molecule has 148 valence electrons. The number of amides is 1. The van der Waals surface area contributed by atoms with Gasteiger partial charge in [0.15, 0.2) is 0 Å². The molecular formula is C24H30N2O2. The fourth-order valence-corrected chi connectivity index (χ4v) is 3.94. The topological polar surface area (TPSA) is 41.6 Å². The van der Waals surface area contributed by atoms with Crippen LogP contribution in [0.15, 0.2) is 67.0 Å². The van der Waals surface area contributed by atoms with Crippen LogP contribution in [0.4, 0.5) is 0 Å². The van der Waals surface area contributed by atoms with Crippen molar-refractivity contribution in [2.45, 2.75) is 32.3 Å². The van der Waals surface area contributed by atoms with Crippen LogP contribution in [0, 0.1) is 0 Å². The SMILES string of the molecule is C=C/C=C1\C(=C)OC2(C=C1c1ccc(C(=O)N(CC)CC)cc1)CCNCC2. The van der Waals surface area contributed by atoms with Gasteiger partial charge in [0.25, 0.3) is 5.91 Å². The van der Waals surface area contributed by atoms with Crippen molar-refractivity contribution in [2.75, 3.05) is 26.2 Å². The first kappa shape index (κ1) is 20.2. The molecule has 1 saturated heterocycles. The summed E-state index contributed by atoms with van der Waals surface area (Å²) in [5.74, 6) is 0.751. The smallest absolute Gasteiger partial charge is 0.253 e. The molecule has 0 aromatic heterocycles. The molecule has 0 saturated carbocycles. The molecular weight excluding hydrogens is 348 g/mol. The van der Waals surface area contributed by atoms with Crippen molar-refractivity contribution in [3.63, 3.8) is 0 Å². The van der Waals surface area contributed by atoms with Crippen molar-refractivity contribution in [1.82, 2.24) is 10.2 Å². The van der Waals surface area contributed by atoms with E-state index in [-0.39, 0.29) is 11.5 Å². The number of rotatable bonds is 5. The molecule has 1 amide bonds. The van der Waals surface area contributed by atoms with Crippen LogP contribution in [0.25, 0.3) is 5.57 Å². The second-order valence-corrected chi connectivity index (χ2v) is 7.27. The third kappa shape index (κ3) is 3.97. The minimum atomic E-state index is -0.314. The summed E-state index contributed by atoms with van der Waals surface area (Å²) in [6.07, 6.45) is 7.76. The first-order valence-corrected chi connectivity index (χ1v) is 10.1. The molecule has 2 aliphatic heterocycles. The number of carbonyl (C=O) groups is 1. The van der Waals surface area contributed by atoms with Gasteiger partial charge in [0.1, 0.15) is 11.4 Å². The molecule has 0 aliphatic carbocycles. The molecule has 4 nitrogen and oxygen atoms in total. The van der Waals surface area contributed by atoms with Crippen LogP contribution >= 0.6 is 0 Å². The highest BCUT2D eigenvalue weighted by Gasteiger charge is 2.37. The van der Waals surface area contributed by atoms with E-state index in [2.05, 4.69) is 24.6 Å². The van der Waals surface area contributed by atoms with E-state index >= 15 is 0 Å². The van der Waals surface area contributed by atoms with E-state index in [4.69, 9.17) is 4.74 Å². The molecule has 1 N–H and O–H groups in total. The Labute approximate surface area is 168 Å². The average Bonchev–Trinajstić information content (AvgIpc) is 2.71. The van der Waals surface area contributed by atoms with Crippen LogP contribution in [0.1, 0.15) is 42.6 Å². The predicted molar refractivity (Wildman–Crippen MR) is 115 cm³/mol. The van der Waals surface area contributed by atoms with Crippen molar-refractivity contribution in [3.05, 3.63) is 78.1 Å². The van der Waals surface area contributed by atoms with Crippen LogP contribution in [0.3, 0.4) is 0 Å². The number of nitrogens with zero attached hydrogens (tertiary/aromatic N) is 1. The molecule has 28 heavy (non-hydrogen) atoms. The first-order valence-electron chi connectivity index (χ1n) is 10.1. The van der Waals surface area contributed by atoms with Gasteiger partial charge in [-0.15, -0.1) is 0 Å². The van der Waals surface area contributed by atoms with Crippen LogP contribution in [-0.4, -0.2) is 42.6 Å². The lowest BCUT2D eigenvalue weighted by atomic mass is 9.82. The molecule has 1 fully saturated rings. The fraction of sp³-hybridized carbons (Fsp3) is 0.375. The predicted octanol–water partition coefficient (Wildman–Crippen LogP) is 4.33. The van der Waals surface area contributed by atoms with Crippen molar-refractivity contribution in [1.29, 1.82) is 0 Å². The van der Waals surface area contributed by atoms with Gasteiger partial charge in [0.2, 0.25) is 0 Å². The summed E-state index contributed by atoms with van der Waals surface area (Å²) >= 11 is 0. The van der Waals surface area contributed by atoms with Crippen LogP contribution < -0.4 is 5.32 Å². The zero-order valence-corrected chi connectivity index (χ0v) is 17.0. The molecule has 0 bridgehead atoms. The van der Waals surface area contributed by atoms with E-state index in [1.807, 2.05) is 49.1 Å².